The van der Waals surface area contributed by atoms with Gasteiger partial charge in [0.05, 0.1) is 17.5 Å². The Morgan fingerprint density at radius 1 is 1.33 bits per heavy atom. The van der Waals surface area contributed by atoms with E-state index in [-0.39, 0.29) is 35.8 Å². The average molecular weight is 377 g/mol. The van der Waals surface area contributed by atoms with Crippen LogP contribution in [0.15, 0.2) is 29.2 Å². The van der Waals surface area contributed by atoms with Gasteiger partial charge in [-0.2, -0.15) is 0 Å². The minimum atomic E-state index is -3.57. The Hall–Kier alpha value is -1.68. The number of hydrogen-bond acceptors (Lipinski definition) is 5. The lowest BCUT2D eigenvalue weighted by atomic mass is 10.2. The van der Waals surface area contributed by atoms with E-state index < -0.39 is 15.9 Å². The number of rotatable bonds is 6. The largest absolute Gasteiger partial charge is 0.346 e. The molecule has 8 nitrogen and oxygen atoms in total. The van der Waals surface area contributed by atoms with E-state index in [1.54, 1.807) is 6.07 Å². The summed E-state index contributed by atoms with van der Waals surface area (Å²) in [6, 6.07) is 5.64. The van der Waals surface area contributed by atoms with Crippen molar-refractivity contribution in [3.8, 4) is 0 Å². The van der Waals surface area contributed by atoms with Crippen LogP contribution in [0.3, 0.4) is 0 Å². The first kappa shape index (κ1) is 20.4. The highest BCUT2D eigenvalue weighted by molar-refractivity contribution is 7.89. The van der Waals surface area contributed by atoms with E-state index in [9.17, 15) is 18.0 Å². The van der Waals surface area contributed by atoms with Gasteiger partial charge in [-0.05, 0) is 44.6 Å². The number of nitrogens with one attached hydrogen (secondary N) is 4. The number of carbonyl (C=O) groups is 2. The fraction of sp³-hybridized carbons (Fsp3) is 0.429. The molecule has 1 atom stereocenters. The van der Waals surface area contributed by atoms with Gasteiger partial charge in [0.1, 0.15) is 0 Å². The van der Waals surface area contributed by atoms with Crippen LogP contribution in [0, 0.1) is 0 Å². The normalized spacial score (nSPS) is 17.0. The fourth-order valence-corrected chi connectivity index (χ4v) is 3.04. The summed E-state index contributed by atoms with van der Waals surface area (Å²) >= 11 is 0. The lowest BCUT2D eigenvalue weighted by Crippen LogP contribution is -2.43. The number of anilines is 1. The molecule has 0 bridgehead atoms. The topological polar surface area (TPSA) is 116 Å². The summed E-state index contributed by atoms with van der Waals surface area (Å²) in [4.78, 5) is 23.7. The zero-order valence-corrected chi connectivity index (χ0v) is 14.8. The third-order valence-corrected chi connectivity index (χ3v) is 4.91. The Morgan fingerprint density at radius 2 is 2.08 bits per heavy atom. The van der Waals surface area contributed by atoms with Gasteiger partial charge in [0.25, 0.3) is 0 Å². The SMILES string of the molecule is CNS(=O)(=O)c1cccc(NC(=O)CNC(=O)C2CCCN2)c1.Cl. The van der Waals surface area contributed by atoms with Gasteiger partial charge in [-0.15, -0.1) is 12.4 Å². The molecule has 1 aliphatic rings. The van der Waals surface area contributed by atoms with E-state index in [0.29, 0.717) is 5.69 Å². The Bertz CT molecular complexity index is 690. The number of halogens is 1. The van der Waals surface area contributed by atoms with Crippen molar-refractivity contribution < 1.29 is 18.0 Å². The minimum Gasteiger partial charge on any atom is -0.346 e. The molecule has 0 aromatic heterocycles. The summed E-state index contributed by atoms with van der Waals surface area (Å²) in [5, 5.41) is 8.16. The highest BCUT2D eigenvalue weighted by atomic mass is 35.5. The predicted octanol–water partition coefficient (Wildman–Crippen LogP) is -0.177. The molecule has 0 spiro atoms. The number of carbonyl (C=O) groups excluding carboxylic acids is 2. The van der Waals surface area contributed by atoms with E-state index in [1.807, 2.05) is 0 Å². The molecule has 134 valence electrons. The fourth-order valence-electron chi connectivity index (χ4n) is 2.26. The highest BCUT2D eigenvalue weighted by Gasteiger charge is 2.22. The quantitative estimate of drug-likeness (QED) is 0.549. The van der Waals surface area contributed by atoms with Gasteiger partial charge in [0, 0.05) is 5.69 Å². The van der Waals surface area contributed by atoms with E-state index in [2.05, 4.69) is 20.7 Å². The molecule has 2 rings (SSSR count). The van der Waals surface area contributed by atoms with E-state index >= 15 is 0 Å². The van der Waals surface area contributed by atoms with Crippen LogP contribution in [0.2, 0.25) is 0 Å². The van der Waals surface area contributed by atoms with Crippen molar-refractivity contribution in [2.45, 2.75) is 23.8 Å². The first-order valence-electron chi connectivity index (χ1n) is 7.27. The summed E-state index contributed by atoms with van der Waals surface area (Å²) < 4.78 is 25.6. The van der Waals surface area contributed by atoms with Crippen molar-refractivity contribution in [1.82, 2.24) is 15.4 Å². The van der Waals surface area contributed by atoms with Gasteiger partial charge < -0.3 is 16.0 Å². The molecule has 0 saturated carbocycles. The molecule has 4 N–H and O–H groups in total. The number of benzene rings is 1. The van der Waals surface area contributed by atoms with Gasteiger partial charge >= 0.3 is 0 Å². The van der Waals surface area contributed by atoms with Crippen LogP contribution in [0.4, 0.5) is 5.69 Å². The second-order valence-corrected chi connectivity index (χ2v) is 7.04. The highest BCUT2D eigenvalue weighted by Crippen LogP contribution is 2.14. The molecular weight excluding hydrogens is 356 g/mol. The Balaban J connectivity index is 0.00000288. The van der Waals surface area contributed by atoms with Crippen molar-refractivity contribution in [2.75, 3.05) is 25.5 Å². The smallest absolute Gasteiger partial charge is 0.243 e. The molecular formula is C14H21ClN4O4S. The molecule has 1 aromatic carbocycles. The van der Waals surface area contributed by atoms with Crippen molar-refractivity contribution in [3.05, 3.63) is 24.3 Å². The summed E-state index contributed by atoms with van der Waals surface area (Å²) in [5.74, 6) is -0.625. The molecule has 1 fully saturated rings. The maximum atomic E-state index is 11.9. The van der Waals surface area contributed by atoms with Gasteiger partial charge in [0.15, 0.2) is 0 Å². The molecule has 1 aromatic rings. The molecule has 24 heavy (non-hydrogen) atoms. The number of hydrogen-bond donors (Lipinski definition) is 4. The second kappa shape index (κ2) is 8.97. The van der Waals surface area contributed by atoms with Crippen molar-refractivity contribution >= 4 is 39.9 Å². The van der Waals surface area contributed by atoms with Gasteiger partial charge in [0.2, 0.25) is 21.8 Å². The molecule has 10 heteroatoms. The van der Waals surface area contributed by atoms with Crippen LogP contribution < -0.4 is 20.7 Å². The minimum absolute atomic E-state index is 0. The molecule has 0 aliphatic carbocycles. The van der Waals surface area contributed by atoms with Crippen LogP contribution in [0.5, 0.6) is 0 Å². The van der Waals surface area contributed by atoms with E-state index in [0.717, 1.165) is 19.4 Å². The average Bonchev–Trinajstić information content (AvgIpc) is 3.07. The summed E-state index contributed by atoms with van der Waals surface area (Å²) in [7, 11) is -2.26. The number of amides is 2. The van der Waals surface area contributed by atoms with Crippen molar-refractivity contribution in [2.24, 2.45) is 0 Å². The van der Waals surface area contributed by atoms with Crippen molar-refractivity contribution in [3.63, 3.8) is 0 Å². The summed E-state index contributed by atoms with van der Waals surface area (Å²) in [6.07, 6.45) is 1.70. The zero-order chi connectivity index (χ0) is 16.9. The molecule has 1 heterocycles. The van der Waals surface area contributed by atoms with Crippen LogP contribution in [0.1, 0.15) is 12.8 Å². The summed E-state index contributed by atoms with van der Waals surface area (Å²) in [6.45, 7) is 0.636. The third-order valence-electron chi connectivity index (χ3n) is 3.50. The first-order valence-corrected chi connectivity index (χ1v) is 8.75. The lowest BCUT2D eigenvalue weighted by Gasteiger charge is -2.11. The van der Waals surface area contributed by atoms with Gasteiger partial charge in [-0.1, -0.05) is 6.07 Å². The van der Waals surface area contributed by atoms with Crippen LogP contribution in [-0.2, 0) is 19.6 Å². The predicted molar refractivity (Wildman–Crippen MR) is 92.6 cm³/mol. The third kappa shape index (κ3) is 5.45. The van der Waals surface area contributed by atoms with Crippen LogP contribution in [0.25, 0.3) is 0 Å². The van der Waals surface area contributed by atoms with Crippen LogP contribution >= 0.6 is 12.4 Å². The first-order chi connectivity index (χ1) is 10.9. The number of sulfonamides is 1. The molecule has 0 radical (unpaired) electrons. The lowest BCUT2D eigenvalue weighted by molar-refractivity contribution is -0.125. The molecule has 2 amide bonds. The monoisotopic (exact) mass is 376 g/mol. The second-order valence-electron chi connectivity index (χ2n) is 5.15. The van der Waals surface area contributed by atoms with E-state index in [1.165, 1.54) is 25.2 Å². The zero-order valence-electron chi connectivity index (χ0n) is 13.2. The Morgan fingerprint density at radius 3 is 2.71 bits per heavy atom. The maximum Gasteiger partial charge on any atom is 0.243 e. The maximum absolute atomic E-state index is 11.9. The molecule has 1 saturated heterocycles. The standard InChI is InChI=1S/C14H20N4O4S.ClH/c1-15-23(21,22)11-5-2-4-10(8-11)18-13(19)9-17-14(20)12-6-3-7-16-12;/h2,4-5,8,12,15-16H,3,6-7,9H2,1H3,(H,17,20)(H,18,19);1H. The van der Waals surface area contributed by atoms with Gasteiger partial charge in [-0.3, -0.25) is 9.59 Å². The Labute approximate surface area is 147 Å². The summed E-state index contributed by atoms with van der Waals surface area (Å²) in [5.41, 5.74) is 0.347. The van der Waals surface area contributed by atoms with Crippen LogP contribution in [-0.4, -0.2) is 46.4 Å². The molecule has 1 aliphatic heterocycles. The Kier molecular flexibility index (Phi) is 7.61. The van der Waals surface area contributed by atoms with Gasteiger partial charge in [-0.25, -0.2) is 13.1 Å². The molecule has 1 unspecified atom stereocenters. The van der Waals surface area contributed by atoms with Crippen molar-refractivity contribution in [1.29, 1.82) is 0 Å². The van der Waals surface area contributed by atoms with E-state index in [4.69, 9.17) is 0 Å².